The molecule has 0 aliphatic carbocycles. The molecule has 6 nitrogen and oxygen atoms in total. The zero-order chi connectivity index (χ0) is 15.2. The average molecular weight is 288 g/mol. The minimum absolute atomic E-state index is 0.160. The fourth-order valence-corrected chi connectivity index (χ4v) is 2.36. The molecule has 0 aliphatic rings. The highest BCUT2D eigenvalue weighted by Crippen LogP contribution is 2.17. The van der Waals surface area contributed by atoms with Gasteiger partial charge in [-0.2, -0.15) is 0 Å². The van der Waals surface area contributed by atoms with Gasteiger partial charge in [-0.15, -0.1) is 5.01 Å². The number of hydrazine groups is 1. The molecule has 0 bridgehead atoms. The molecule has 0 saturated carbocycles. The van der Waals surface area contributed by atoms with Crippen LogP contribution in [0, 0.1) is 5.21 Å². The van der Waals surface area contributed by atoms with Crippen molar-refractivity contribution in [2.24, 2.45) is 11.0 Å². The fourth-order valence-electron chi connectivity index (χ4n) is 2.36. The highest BCUT2D eigenvalue weighted by atomic mass is 16.6. The lowest BCUT2D eigenvalue weighted by molar-refractivity contribution is -0.717. The Morgan fingerprint density at radius 3 is 2.30 bits per heavy atom. The number of nitrogens with two attached hydrogens (primary N) is 1. The Bertz CT molecular complexity index is 249. The van der Waals surface area contributed by atoms with Crippen molar-refractivity contribution in [3.05, 3.63) is 5.21 Å². The van der Waals surface area contributed by atoms with Crippen LogP contribution in [0.25, 0.3) is 0 Å². The Hall–Kier alpha value is -1.04. The molecule has 20 heavy (non-hydrogen) atoms. The van der Waals surface area contributed by atoms with Gasteiger partial charge in [0.25, 0.3) is 0 Å². The molecule has 0 aromatic rings. The van der Waals surface area contributed by atoms with Crippen LogP contribution in [0.5, 0.6) is 0 Å². The van der Waals surface area contributed by atoms with Gasteiger partial charge < -0.3 is 16.1 Å². The molecule has 0 fully saturated rings. The molecule has 6 heteroatoms. The van der Waals surface area contributed by atoms with E-state index >= 15 is 0 Å². The van der Waals surface area contributed by atoms with E-state index < -0.39 is 0 Å². The molecular formula is C14H32N4O2. The van der Waals surface area contributed by atoms with Gasteiger partial charge in [-0.25, -0.2) is 0 Å². The van der Waals surface area contributed by atoms with Crippen molar-refractivity contribution in [1.82, 2.24) is 5.01 Å². The third-order valence-corrected chi connectivity index (χ3v) is 3.59. The predicted octanol–water partition coefficient (Wildman–Crippen LogP) is 3.43. The molecule has 0 heterocycles. The first-order valence-electron chi connectivity index (χ1n) is 8.00. The van der Waals surface area contributed by atoms with Gasteiger partial charge >= 0.3 is 0 Å². The molecule has 0 radical (unpaired) electrons. The SMILES string of the molecule is CCCCC(CCCCCN)N(CCCC)[N+]([O-])=NO. The second-order valence-electron chi connectivity index (χ2n) is 5.29. The van der Waals surface area contributed by atoms with E-state index in [4.69, 9.17) is 10.9 Å². The van der Waals surface area contributed by atoms with Gasteiger partial charge in [-0.05, 0) is 32.2 Å². The summed E-state index contributed by atoms with van der Waals surface area (Å²) in [6, 6.07) is 0.160. The van der Waals surface area contributed by atoms with Crippen molar-refractivity contribution in [2.75, 3.05) is 13.1 Å². The van der Waals surface area contributed by atoms with Crippen molar-refractivity contribution in [3.63, 3.8) is 0 Å². The first kappa shape index (κ1) is 19.0. The quantitative estimate of drug-likeness (QED) is 0.235. The van der Waals surface area contributed by atoms with Crippen LogP contribution in [0.15, 0.2) is 5.28 Å². The lowest BCUT2D eigenvalue weighted by Crippen LogP contribution is -2.41. The molecule has 0 rings (SSSR count). The summed E-state index contributed by atoms with van der Waals surface area (Å²) in [7, 11) is 0. The van der Waals surface area contributed by atoms with Crippen LogP contribution >= 0.6 is 0 Å². The van der Waals surface area contributed by atoms with E-state index in [9.17, 15) is 5.21 Å². The highest BCUT2D eigenvalue weighted by Gasteiger charge is 2.24. The van der Waals surface area contributed by atoms with Gasteiger partial charge in [0.2, 0.25) is 5.28 Å². The Kier molecular flexibility index (Phi) is 12.3. The number of nitrogens with zero attached hydrogens (tertiary/aromatic N) is 3. The van der Waals surface area contributed by atoms with Crippen LogP contribution in [-0.2, 0) is 0 Å². The van der Waals surface area contributed by atoms with Gasteiger partial charge in [-0.3, -0.25) is 0 Å². The van der Waals surface area contributed by atoms with Crippen LogP contribution in [0.1, 0.15) is 71.6 Å². The molecule has 0 saturated heterocycles. The summed E-state index contributed by atoms with van der Waals surface area (Å²) in [6.45, 7) is 5.60. The van der Waals surface area contributed by atoms with Crippen molar-refractivity contribution in [3.8, 4) is 0 Å². The summed E-state index contributed by atoms with van der Waals surface area (Å²) in [4.78, 5) is 0.360. The molecule has 1 unspecified atom stereocenters. The summed E-state index contributed by atoms with van der Waals surface area (Å²) in [5.41, 5.74) is 5.50. The molecule has 3 N–H and O–H groups in total. The third-order valence-electron chi connectivity index (χ3n) is 3.59. The number of rotatable bonds is 13. The third kappa shape index (κ3) is 8.19. The van der Waals surface area contributed by atoms with Crippen LogP contribution in [0.2, 0.25) is 0 Å². The zero-order valence-electron chi connectivity index (χ0n) is 13.1. The van der Waals surface area contributed by atoms with Crippen molar-refractivity contribution >= 4 is 0 Å². The maximum absolute atomic E-state index is 11.7. The second-order valence-corrected chi connectivity index (χ2v) is 5.29. The minimum atomic E-state index is 0.160. The van der Waals surface area contributed by atoms with E-state index in [1.165, 1.54) is 0 Å². The van der Waals surface area contributed by atoms with E-state index in [1.54, 1.807) is 5.01 Å². The molecule has 120 valence electrons. The maximum Gasteiger partial charge on any atom is 0.230 e. The van der Waals surface area contributed by atoms with Gasteiger partial charge in [0.05, 0.1) is 17.6 Å². The largest absolute Gasteiger partial charge is 0.569 e. The fraction of sp³-hybridized carbons (Fsp3) is 1.00. The van der Waals surface area contributed by atoms with E-state index in [0.29, 0.717) is 11.5 Å². The monoisotopic (exact) mass is 288 g/mol. The predicted molar refractivity (Wildman–Crippen MR) is 80.3 cm³/mol. The zero-order valence-corrected chi connectivity index (χ0v) is 13.1. The summed E-state index contributed by atoms with van der Waals surface area (Å²) >= 11 is 0. The second kappa shape index (κ2) is 13.0. The summed E-state index contributed by atoms with van der Waals surface area (Å²) < 4.78 is 0. The van der Waals surface area contributed by atoms with Gasteiger partial charge in [0.15, 0.2) is 0 Å². The minimum Gasteiger partial charge on any atom is -0.569 e. The molecule has 0 aromatic carbocycles. The Labute approximate surface area is 123 Å². The standard InChI is InChI=1S/C14H32N4O2/c1-3-5-10-14(11-8-7-9-12-15)17(13-6-4-2)18(20)16-19/h14,19H,3-13,15H2,1-2H3. The van der Waals surface area contributed by atoms with E-state index in [-0.39, 0.29) is 6.04 Å². The average Bonchev–Trinajstić information content (AvgIpc) is 2.47. The number of unbranched alkanes of at least 4 members (excludes halogenated alkanes) is 4. The molecule has 0 spiro atoms. The van der Waals surface area contributed by atoms with Crippen LogP contribution in [0.4, 0.5) is 0 Å². The topological polar surface area (TPSA) is 87.9 Å². The van der Waals surface area contributed by atoms with E-state index in [0.717, 1.165) is 64.3 Å². The Morgan fingerprint density at radius 1 is 1.10 bits per heavy atom. The number of hydrogen-bond donors (Lipinski definition) is 2. The maximum atomic E-state index is 11.7. The molecular weight excluding hydrogens is 256 g/mol. The van der Waals surface area contributed by atoms with E-state index in [1.807, 2.05) is 0 Å². The smallest absolute Gasteiger partial charge is 0.230 e. The van der Waals surface area contributed by atoms with Gasteiger partial charge in [-0.1, -0.05) is 46.0 Å². The number of hydrogen-bond acceptors (Lipinski definition) is 3. The molecule has 1 atom stereocenters. The van der Waals surface area contributed by atoms with Gasteiger partial charge in [0.1, 0.15) is 0 Å². The van der Waals surface area contributed by atoms with Crippen LogP contribution < -0.4 is 5.73 Å². The highest BCUT2D eigenvalue weighted by molar-refractivity contribution is 4.66. The lowest BCUT2D eigenvalue weighted by Gasteiger charge is -2.27. The van der Waals surface area contributed by atoms with Crippen molar-refractivity contribution in [2.45, 2.75) is 77.7 Å². The first-order valence-corrected chi connectivity index (χ1v) is 8.00. The Balaban J connectivity index is 4.54. The summed E-state index contributed by atoms with van der Waals surface area (Å²) in [5.74, 6) is 0. The lowest BCUT2D eigenvalue weighted by atomic mass is 10.0. The van der Waals surface area contributed by atoms with Crippen LogP contribution in [-0.4, -0.2) is 34.3 Å². The molecule has 0 aromatic heterocycles. The summed E-state index contributed by atoms with van der Waals surface area (Å²) in [5, 5.41) is 25.0. The van der Waals surface area contributed by atoms with Gasteiger partial charge in [0, 0.05) is 0 Å². The van der Waals surface area contributed by atoms with Crippen LogP contribution in [0.3, 0.4) is 0 Å². The molecule has 0 aliphatic heterocycles. The van der Waals surface area contributed by atoms with Crippen molar-refractivity contribution in [1.29, 1.82) is 0 Å². The normalized spacial score (nSPS) is 13.4. The Morgan fingerprint density at radius 2 is 1.75 bits per heavy atom. The summed E-state index contributed by atoms with van der Waals surface area (Å²) in [6.07, 6.45) is 9.25. The first-order chi connectivity index (χ1) is 9.71. The van der Waals surface area contributed by atoms with Crippen molar-refractivity contribution < 1.29 is 10.2 Å². The molecule has 0 amide bonds. The van der Waals surface area contributed by atoms with E-state index in [2.05, 4.69) is 19.1 Å².